The Balaban J connectivity index is 0.000000216. The van der Waals surface area contributed by atoms with Gasteiger partial charge in [0.25, 0.3) is 16.8 Å². The number of alkyl halides is 3. The summed E-state index contributed by atoms with van der Waals surface area (Å²) in [4.78, 5) is 62.2. The van der Waals surface area contributed by atoms with Crippen LogP contribution in [0.4, 0.5) is 18.9 Å². The van der Waals surface area contributed by atoms with Gasteiger partial charge in [-0.05, 0) is 60.1 Å². The number of rotatable bonds is 3. The first kappa shape index (κ1) is 29.3. The third-order valence-electron chi connectivity index (χ3n) is 5.10. The van der Waals surface area contributed by atoms with E-state index in [9.17, 15) is 42.5 Å². The quantitative estimate of drug-likeness (QED) is 0.258. The molecule has 0 unspecified atom stereocenters. The van der Waals surface area contributed by atoms with Crippen molar-refractivity contribution in [3.05, 3.63) is 127 Å². The van der Waals surface area contributed by atoms with Crippen LogP contribution in [0, 0.1) is 24.0 Å². The van der Waals surface area contributed by atoms with E-state index in [1.54, 1.807) is 6.92 Å². The third kappa shape index (κ3) is 6.43. The second kappa shape index (κ2) is 11.2. The number of aromatic amines is 2. The van der Waals surface area contributed by atoms with E-state index in [1.807, 2.05) is 0 Å². The minimum atomic E-state index is -4.55. The Morgan fingerprint density at radius 2 is 1.54 bits per heavy atom. The molecule has 2 heterocycles. The molecule has 0 saturated carbocycles. The van der Waals surface area contributed by atoms with Crippen molar-refractivity contribution in [2.45, 2.75) is 20.0 Å². The highest BCUT2D eigenvalue weighted by atomic mass is 79.9. The maximum atomic E-state index is 12.6. The largest absolute Gasteiger partial charge is 0.416 e. The SMILES string of the molecule is Cc1[nH]c(=O)n(-c2cccc(C(F)(F)F)c2)c(=O)c1Br.Cc1cc(=O)n(-c2ccc(Cl)c([N+](=O)[O-])c2)c(=O)[nH]1. The maximum Gasteiger partial charge on any atom is 0.416 e. The summed E-state index contributed by atoms with van der Waals surface area (Å²) in [6.45, 7) is 3.07. The molecule has 0 aliphatic rings. The Morgan fingerprint density at radius 1 is 0.923 bits per heavy atom. The number of aryl methyl sites for hydroxylation is 2. The topological polar surface area (TPSA) is 153 Å². The molecular weight excluding hydrogens is 615 g/mol. The van der Waals surface area contributed by atoms with E-state index in [2.05, 4.69) is 25.9 Å². The second-order valence-corrected chi connectivity index (χ2v) is 9.08. The highest BCUT2D eigenvalue weighted by Gasteiger charge is 2.30. The molecule has 0 aliphatic carbocycles. The molecule has 2 aromatic carbocycles. The zero-order valence-electron chi connectivity index (χ0n) is 19.8. The van der Waals surface area contributed by atoms with Crippen LogP contribution in [0.15, 0.2) is 72.2 Å². The summed E-state index contributed by atoms with van der Waals surface area (Å²) in [6, 6.07) is 8.94. The van der Waals surface area contributed by atoms with Gasteiger partial charge in [-0.1, -0.05) is 17.7 Å². The molecule has 2 aromatic heterocycles. The van der Waals surface area contributed by atoms with Gasteiger partial charge in [0.15, 0.2) is 0 Å². The van der Waals surface area contributed by atoms with Crippen LogP contribution in [-0.2, 0) is 6.18 Å². The van der Waals surface area contributed by atoms with Gasteiger partial charge in [-0.25, -0.2) is 18.7 Å². The molecule has 4 rings (SSSR count). The number of nitrogens with zero attached hydrogens (tertiary/aromatic N) is 3. The summed E-state index contributed by atoms with van der Waals surface area (Å²) in [7, 11) is 0. The first-order chi connectivity index (χ1) is 18.1. The lowest BCUT2D eigenvalue weighted by Gasteiger charge is -2.10. The normalized spacial score (nSPS) is 11.1. The Labute approximate surface area is 228 Å². The molecule has 39 heavy (non-hydrogen) atoms. The molecule has 0 saturated heterocycles. The zero-order chi connectivity index (χ0) is 29.2. The molecular formula is C23H16BrClF3N5O6. The summed E-state index contributed by atoms with van der Waals surface area (Å²) in [5, 5.41) is 10.7. The van der Waals surface area contributed by atoms with Crippen LogP contribution < -0.4 is 22.5 Å². The highest BCUT2D eigenvalue weighted by Crippen LogP contribution is 2.30. The van der Waals surface area contributed by atoms with Gasteiger partial charge in [0.2, 0.25) is 0 Å². The van der Waals surface area contributed by atoms with E-state index in [0.29, 0.717) is 16.0 Å². The van der Waals surface area contributed by atoms with E-state index >= 15 is 0 Å². The van der Waals surface area contributed by atoms with Crippen LogP contribution in [0.1, 0.15) is 17.0 Å². The molecule has 0 bridgehead atoms. The predicted octanol–water partition coefficient (Wildman–Crippen LogP) is 4.01. The monoisotopic (exact) mass is 629 g/mol. The van der Waals surface area contributed by atoms with Gasteiger partial charge in [-0.3, -0.25) is 19.7 Å². The number of H-pyrrole nitrogens is 2. The molecule has 0 atom stereocenters. The molecule has 0 amide bonds. The number of hydrogen-bond acceptors (Lipinski definition) is 6. The summed E-state index contributed by atoms with van der Waals surface area (Å²) in [6.07, 6.45) is -4.55. The number of nitro benzene ring substituents is 1. The number of hydrogen-bond donors (Lipinski definition) is 2. The van der Waals surface area contributed by atoms with Crippen LogP contribution in [0.2, 0.25) is 5.02 Å². The van der Waals surface area contributed by atoms with Crippen LogP contribution in [0.25, 0.3) is 11.4 Å². The van der Waals surface area contributed by atoms with Crippen LogP contribution >= 0.6 is 27.5 Å². The van der Waals surface area contributed by atoms with Crippen molar-refractivity contribution in [1.29, 1.82) is 0 Å². The van der Waals surface area contributed by atoms with Crippen LogP contribution in [0.5, 0.6) is 0 Å². The van der Waals surface area contributed by atoms with E-state index in [1.165, 1.54) is 31.2 Å². The van der Waals surface area contributed by atoms with E-state index < -0.39 is 39.2 Å². The molecule has 0 fully saturated rings. The highest BCUT2D eigenvalue weighted by molar-refractivity contribution is 9.10. The molecule has 0 aliphatic heterocycles. The lowest BCUT2D eigenvalue weighted by atomic mass is 10.2. The van der Waals surface area contributed by atoms with Crippen molar-refractivity contribution in [3.8, 4) is 11.4 Å². The average molecular weight is 631 g/mol. The van der Waals surface area contributed by atoms with Crippen molar-refractivity contribution in [1.82, 2.24) is 19.1 Å². The fourth-order valence-electron chi connectivity index (χ4n) is 3.31. The van der Waals surface area contributed by atoms with Gasteiger partial charge in [0.05, 0.1) is 21.9 Å². The van der Waals surface area contributed by atoms with Crippen molar-refractivity contribution < 1.29 is 18.1 Å². The summed E-state index contributed by atoms with van der Waals surface area (Å²) in [5.74, 6) is 0. The van der Waals surface area contributed by atoms with Gasteiger partial charge in [-0.15, -0.1) is 0 Å². The van der Waals surface area contributed by atoms with Crippen LogP contribution in [0.3, 0.4) is 0 Å². The molecule has 204 valence electrons. The van der Waals surface area contributed by atoms with E-state index in [-0.39, 0.29) is 26.6 Å². The average Bonchev–Trinajstić information content (AvgIpc) is 2.83. The Morgan fingerprint density at radius 3 is 2.13 bits per heavy atom. The van der Waals surface area contributed by atoms with Gasteiger partial charge in [0, 0.05) is 23.5 Å². The van der Waals surface area contributed by atoms with E-state index in [0.717, 1.165) is 28.8 Å². The number of nitro groups is 1. The summed E-state index contributed by atoms with van der Waals surface area (Å²) >= 11 is 8.66. The van der Waals surface area contributed by atoms with Crippen molar-refractivity contribution >= 4 is 33.2 Å². The Kier molecular flexibility index (Phi) is 8.45. The first-order valence-electron chi connectivity index (χ1n) is 10.6. The smallest absolute Gasteiger partial charge is 0.311 e. The summed E-state index contributed by atoms with van der Waals surface area (Å²) < 4.78 is 39.5. The summed E-state index contributed by atoms with van der Waals surface area (Å²) in [5.41, 5.74) is -3.39. The minimum absolute atomic E-state index is 0.0645. The van der Waals surface area contributed by atoms with Crippen molar-refractivity contribution in [2.75, 3.05) is 0 Å². The lowest BCUT2D eigenvalue weighted by Crippen LogP contribution is -2.35. The minimum Gasteiger partial charge on any atom is -0.311 e. The fourth-order valence-corrected chi connectivity index (χ4v) is 3.78. The zero-order valence-corrected chi connectivity index (χ0v) is 22.1. The van der Waals surface area contributed by atoms with Crippen molar-refractivity contribution in [2.24, 2.45) is 0 Å². The van der Waals surface area contributed by atoms with Crippen molar-refractivity contribution in [3.63, 3.8) is 0 Å². The van der Waals surface area contributed by atoms with Gasteiger partial charge >= 0.3 is 17.6 Å². The standard InChI is InChI=1S/C12H8BrF3N2O2.C11H8ClN3O4/c1-6-9(13)10(19)18(11(20)17-6)8-4-2-3-7(5-8)12(14,15)16;1-6-4-10(16)14(11(17)13-6)7-2-3-8(12)9(5-7)15(18)19/h2-5H,1H3,(H,17,20);2-5H,1H3,(H,13,17). The Bertz CT molecular complexity index is 1800. The molecule has 0 radical (unpaired) electrons. The molecule has 0 spiro atoms. The van der Waals surface area contributed by atoms with Gasteiger partial charge < -0.3 is 9.97 Å². The van der Waals surface area contributed by atoms with E-state index in [4.69, 9.17) is 11.6 Å². The number of halogens is 5. The first-order valence-corrected chi connectivity index (χ1v) is 11.7. The molecule has 16 heteroatoms. The lowest BCUT2D eigenvalue weighted by molar-refractivity contribution is -0.384. The fraction of sp³-hybridized carbons (Fsp3) is 0.130. The maximum absolute atomic E-state index is 12.6. The molecule has 11 nitrogen and oxygen atoms in total. The number of benzene rings is 2. The number of aromatic nitrogens is 4. The Hall–Kier alpha value is -4.24. The van der Waals surface area contributed by atoms with Crippen LogP contribution in [-0.4, -0.2) is 24.0 Å². The molecule has 2 N–H and O–H groups in total. The molecule has 4 aromatic rings. The predicted molar refractivity (Wildman–Crippen MR) is 139 cm³/mol. The third-order valence-corrected chi connectivity index (χ3v) is 6.36. The second-order valence-electron chi connectivity index (χ2n) is 7.88. The van der Waals surface area contributed by atoms with Gasteiger partial charge in [-0.2, -0.15) is 13.2 Å². The van der Waals surface area contributed by atoms with Gasteiger partial charge in [0.1, 0.15) is 9.50 Å². The number of nitrogens with one attached hydrogen (secondary N) is 2.